The van der Waals surface area contributed by atoms with Crippen LogP contribution in [0.5, 0.6) is 0 Å². The average molecular weight is 496 g/mol. The van der Waals surface area contributed by atoms with Crippen LogP contribution in [0, 0.1) is 0 Å². The lowest BCUT2D eigenvalue weighted by Crippen LogP contribution is -2.47. The number of nitrogens with one attached hydrogen (secondary N) is 1. The summed E-state index contributed by atoms with van der Waals surface area (Å²) in [7, 11) is 0. The minimum atomic E-state index is -1.47. The number of hydrogen-bond donors (Lipinski definition) is 1. The summed E-state index contributed by atoms with van der Waals surface area (Å²) in [6, 6.07) is 7.19. The van der Waals surface area contributed by atoms with Gasteiger partial charge in [-0.1, -0.05) is 48.8 Å². The van der Waals surface area contributed by atoms with Gasteiger partial charge in [0.25, 0.3) is 0 Å². The van der Waals surface area contributed by atoms with Crippen molar-refractivity contribution >= 4 is 41.1 Å². The SMILES string of the molecule is CCCCOC[C@@H]1CC[C@@](C)(C(=O)CSc2n[nH]c(-c3ccccc3Cl)n2)OC(=O)C(=O)O1. The topological polar surface area (TPSA) is 120 Å². The molecule has 1 aliphatic heterocycles. The van der Waals surface area contributed by atoms with E-state index >= 15 is 0 Å². The van der Waals surface area contributed by atoms with Gasteiger partial charge in [0.05, 0.1) is 17.4 Å². The van der Waals surface area contributed by atoms with Gasteiger partial charge in [-0.2, -0.15) is 0 Å². The fraction of sp³-hybridized carbons (Fsp3) is 0.500. The first-order valence-electron chi connectivity index (χ1n) is 10.7. The van der Waals surface area contributed by atoms with Crippen LogP contribution in [0.2, 0.25) is 5.02 Å². The van der Waals surface area contributed by atoms with Gasteiger partial charge in [-0.3, -0.25) is 9.89 Å². The first kappa shape index (κ1) is 25.2. The number of benzene rings is 1. The van der Waals surface area contributed by atoms with Crippen molar-refractivity contribution in [1.82, 2.24) is 15.2 Å². The number of carbonyl (C=O) groups is 3. The molecule has 1 saturated heterocycles. The highest BCUT2D eigenvalue weighted by molar-refractivity contribution is 7.99. The van der Waals surface area contributed by atoms with E-state index in [1.54, 1.807) is 12.1 Å². The van der Waals surface area contributed by atoms with Crippen LogP contribution in [0.1, 0.15) is 39.5 Å². The van der Waals surface area contributed by atoms with Gasteiger partial charge < -0.3 is 14.2 Å². The molecule has 9 nitrogen and oxygen atoms in total. The molecule has 0 amide bonds. The van der Waals surface area contributed by atoms with Crippen molar-refractivity contribution in [3.8, 4) is 11.4 Å². The highest BCUT2D eigenvalue weighted by Crippen LogP contribution is 2.29. The van der Waals surface area contributed by atoms with Crippen molar-refractivity contribution in [2.45, 2.75) is 56.4 Å². The predicted molar refractivity (Wildman–Crippen MR) is 122 cm³/mol. The van der Waals surface area contributed by atoms with E-state index in [1.807, 2.05) is 19.1 Å². The zero-order valence-electron chi connectivity index (χ0n) is 18.5. The van der Waals surface area contributed by atoms with Crippen LogP contribution in [0.4, 0.5) is 0 Å². The summed E-state index contributed by atoms with van der Waals surface area (Å²) in [6.45, 7) is 4.25. The van der Waals surface area contributed by atoms with E-state index in [2.05, 4.69) is 15.2 Å². The Morgan fingerprint density at radius 3 is 2.88 bits per heavy atom. The number of H-pyrrole nitrogens is 1. The molecule has 1 aromatic heterocycles. The molecule has 1 aliphatic rings. The number of hydrogen-bond acceptors (Lipinski definition) is 9. The number of nitrogens with zero attached hydrogens (tertiary/aromatic N) is 2. The van der Waals surface area contributed by atoms with Crippen LogP contribution in [-0.4, -0.2) is 63.6 Å². The molecule has 0 spiro atoms. The van der Waals surface area contributed by atoms with Gasteiger partial charge in [0.15, 0.2) is 17.2 Å². The van der Waals surface area contributed by atoms with Gasteiger partial charge in [0.2, 0.25) is 5.16 Å². The molecule has 0 radical (unpaired) electrons. The fourth-order valence-corrected chi connectivity index (χ4v) is 4.19. The van der Waals surface area contributed by atoms with Crippen LogP contribution in [0.3, 0.4) is 0 Å². The highest BCUT2D eigenvalue weighted by Gasteiger charge is 2.42. The number of aromatic amines is 1. The normalized spacial score (nSPS) is 21.1. The van der Waals surface area contributed by atoms with Gasteiger partial charge >= 0.3 is 11.9 Å². The molecule has 33 heavy (non-hydrogen) atoms. The molecule has 11 heteroatoms. The maximum absolute atomic E-state index is 13.0. The largest absolute Gasteiger partial charge is 0.452 e. The van der Waals surface area contributed by atoms with Gasteiger partial charge in [-0.25, -0.2) is 14.6 Å². The minimum Gasteiger partial charge on any atom is -0.452 e. The number of carbonyl (C=O) groups excluding carboxylic acids is 3. The fourth-order valence-electron chi connectivity index (χ4n) is 3.13. The Bertz CT molecular complexity index is 1000. The number of halogens is 1. The van der Waals surface area contributed by atoms with E-state index in [9.17, 15) is 14.4 Å². The van der Waals surface area contributed by atoms with Crippen LogP contribution < -0.4 is 0 Å². The van der Waals surface area contributed by atoms with Crippen LogP contribution >= 0.6 is 23.4 Å². The van der Waals surface area contributed by atoms with Crippen molar-refractivity contribution < 1.29 is 28.6 Å². The Kier molecular flexibility index (Phi) is 8.87. The summed E-state index contributed by atoms with van der Waals surface area (Å²) in [5, 5.41) is 7.79. The Morgan fingerprint density at radius 1 is 1.33 bits per heavy atom. The second-order valence-corrected chi connectivity index (χ2v) is 9.12. The molecule has 0 aliphatic carbocycles. The van der Waals surface area contributed by atoms with E-state index in [1.165, 1.54) is 6.92 Å². The zero-order valence-corrected chi connectivity index (χ0v) is 20.0. The van der Waals surface area contributed by atoms with Crippen molar-refractivity contribution in [3.05, 3.63) is 29.3 Å². The number of esters is 2. The number of cyclic esters (lactones) is 2. The predicted octanol–water partition coefficient (Wildman–Crippen LogP) is 3.61. The quantitative estimate of drug-likeness (QED) is 0.228. The molecule has 3 rings (SSSR count). The van der Waals surface area contributed by atoms with Crippen molar-refractivity contribution in [3.63, 3.8) is 0 Å². The number of aromatic nitrogens is 3. The van der Waals surface area contributed by atoms with E-state index in [0.29, 0.717) is 34.6 Å². The molecule has 2 atom stereocenters. The number of rotatable bonds is 10. The van der Waals surface area contributed by atoms with E-state index in [4.69, 9.17) is 25.8 Å². The van der Waals surface area contributed by atoms with Crippen LogP contribution in [-0.2, 0) is 28.6 Å². The number of Topliss-reactive ketones (excluding diaryl/α,β-unsaturated/α-hetero) is 1. The van der Waals surface area contributed by atoms with E-state index < -0.39 is 23.6 Å². The number of unbranched alkanes of at least 4 members (excludes halogenated alkanes) is 1. The smallest absolute Gasteiger partial charge is 0.418 e. The standard InChI is InChI=1S/C22H26ClN3O6S/c1-3-4-11-30-12-14-9-10-22(2,32-20(29)19(28)31-14)17(27)13-33-21-24-18(25-26-21)15-7-5-6-8-16(15)23/h5-8,14H,3-4,9-13H2,1-2H3,(H,24,25,26)/t14-,22-/m0/s1. The van der Waals surface area contributed by atoms with Gasteiger partial charge in [-0.05, 0) is 38.3 Å². The molecule has 0 bridgehead atoms. The molecule has 2 aromatic rings. The van der Waals surface area contributed by atoms with Crippen LogP contribution in [0.15, 0.2) is 29.4 Å². The zero-order chi connectivity index (χ0) is 23.8. The molecule has 2 heterocycles. The van der Waals surface area contributed by atoms with Crippen molar-refractivity contribution in [2.75, 3.05) is 19.0 Å². The molecular weight excluding hydrogens is 470 g/mol. The lowest BCUT2D eigenvalue weighted by molar-refractivity contribution is -0.188. The summed E-state index contributed by atoms with van der Waals surface area (Å²) < 4.78 is 15.9. The van der Waals surface area contributed by atoms with Gasteiger partial charge in [0, 0.05) is 12.2 Å². The Morgan fingerprint density at radius 2 is 2.12 bits per heavy atom. The third kappa shape index (κ3) is 6.78. The number of ether oxygens (including phenoxy) is 3. The molecule has 0 unspecified atom stereocenters. The monoisotopic (exact) mass is 495 g/mol. The van der Waals surface area contributed by atoms with Gasteiger partial charge in [-0.15, -0.1) is 5.10 Å². The summed E-state index contributed by atoms with van der Waals surface area (Å²) in [6.07, 6.45) is 1.77. The van der Waals surface area contributed by atoms with Gasteiger partial charge in [0.1, 0.15) is 6.10 Å². The first-order valence-corrected chi connectivity index (χ1v) is 12.0. The second-order valence-electron chi connectivity index (χ2n) is 7.77. The van der Waals surface area contributed by atoms with Crippen molar-refractivity contribution in [2.24, 2.45) is 0 Å². The summed E-state index contributed by atoms with van der Waals surface area (Å²) >= 11 is 7.28. The Labute approximate surface area is 200 Å². The lowest BCUT2D eigenvalue weighted by atomic mass is 9.93. The Hall–Kier alpha value is -2.43. The molecule has 1 N–H and O–H groups in total. The maximum Gasteiger partial charge on any atom is 0.418 e. The average Bonchev–Trinajstić information content (AvgIpc) is 3.26. The summed E-state index contributed by atoms with van der Waals surface area (Å²) in [5.74, 6) is -2.23. The summed E-state index contributed by atoms with van der Waals surface area (Å²) in [5.41, 5.74) is -0.774. The molecule has 1 aromatic carbocycles. The molecular formula is C22H26ClN3O6S. The lowest BCUT2D eigenvalue weighted by Gasteiger charge is -2.31. The van der Waals surface area contributed by atoms with Crippen molar-refractivity contribution in [1.29, 1.82) is 0 Å². The molecule has 178 valence electrons. The second kappa shape index (κ2) is 11.6. The summed E-state index contributed by atoms with van der Waals surface area (Å²) in [4.78, 5) is 41.5. The third-order valence-corrected chi connectivity index (χ3v) is 6.34. The third-order valence-electron chi connectivity index (χ3n) is 5.16. The molecule has 0 saturated carbocycles. The minimum absolute atomic E-state index is 0.0453. The highest BCUT2D eigenvalue weighted by atomic mass is 35.5. The maximum atomic E-state index is 13.0. The van der Waals surface area contributed by atoms with E-state index in [0.717, 1.165) is 24.6 Å². The van der Waals surface area contributed by atoms with Crippen LogP contribution in [0.25, 0.3) is 11.4 Å². The van der Waals surface area contributed by atoms with E-state index in [-0.39, 0.29) is 24.6 Å². The number of thioether (sulfide) groups is 1. The number of ketones is 1. The first-order chi connectivity index (χ1) is 15.8. The Balaban J connectivity index is 1.61. The molecule has 1 fully saturated rings.